The van der Waals surface area contributed by atoms with E-state index in [2.05, 4.69) is 6.92 Å². The van der Waals surface area contributed by atoms with Crippen LogP contribution in [0.5, 0.6) is 0 Å². The molecule has 0 aromatic carbocycles. The molecule has 2 aliphatic rings. The van der Waals surface area contributed by atoms with Crippen molar-refractivity contribution in [2.75, 3.05) is 26.3 Å². The Hall–Kier alpha value is -0.810. The van der Waals surface area contributed by atoms with E-state index >= 15 is 0 Å². The summed E-state index contributed by atoms with van der Waals surface area (Å²) in [6, 6.07) is 0. The number of ether oxygens (including phenoxy) is 2. The first-order valence-electron chi connectivity index (χ1n) is 9.02. The Bertz CT molecular complexity index is 393. The maximum absolute atomic E-state index is 12.3. The molecule has 5 heteroatoms. The molecule has 0 radical (unpaired) electrons. The third kappa shape index (κ3) is 5.08. The molecule has 0 bridgehead atoms. The van der Waals surface area contributed by atoms with E-state index in [9.17, 15) is 4.79 Å². The first-order chi connectivity index (χ1) is 10.8. The number of likely N-dealkylation sites (tertiary alicyclic amines) is 1. The molecule has 0 aromatic heterocycles. The van der Waals surface area contributed by atoms with Gasteiger partial charge in [-0.05, 0) is 64.2 Å². The van der Waals surface area contributed by atoms with E-state index < -0.39 is 5.60 Å². The number of aliphatic hydroxyl groups is 1. The number of amides is 1. The molecule has 2 rings (SSSR count). The normalized spacial score (nSPS) is 31.6. The zero-order valence-electron chi connectivity index (χ0n) is 15.1. The zero-order valence-corrected chi connectivity index (χ0v) is 15.1. The number of carbonyl (C=O) groups is 1. The second-order valence-corrected chi connectivity index (χ2v) is 8.09. The summed E-state index contributed by atoms with van der Waals surface area (Å²) in [5.41, 5.74) is -0.441. The summed E-state index contributed by atoms with van der Waals surface area (Å²) in [5.74, 6) is 1.44. The molecular weight excluding hydrogens is 294 g/mol. The number of nitrogens with zero attached hydrogens (tertiary/aromatic N) is 1. The summed E-state index contributed by atoms with van der Waals surface area (Å²) in [6.07, 6.45) is 3.91. The first-order valence-corrected chi connectivity index (χ1v) is 9.02. The minimum Gasteiger partial charge on any atom is -0.444 e. The van der Waals surface area contributed by atoms with Crippen LogP contribution >= 0.6 is 0 Å². The standard InChI is InChI=1S/C18H33NO4/c1-13-15-12-19(17(21)23-18(2,3)4)11-14(15)8-10-22-16(13)7-5-6-9-20/h13-16,20H,5-12H2,1-4H3. The van der Waals surface area contributed by atoms with E-state index in [-0.39, 0.29) is 18.8 Å². The number of hydrogen-bond acceptors (Lipinski definition) is 4. The van der Waals surface area contributed by atoms with E-state index in [0.29, 0.717) is 17.8 Å². The fraction of sp³-hybridized carbons (Fsp3) is 0.944. The average Bonchev–Trinajstić information content (AvgIpc) is 2.82. The van der Waals surface area contributed by atoms with Gasteiger partial charge in [0.05, 0.1) is 6.10 Å². The molecule has 5 nitrogen and oxygen atoms in total. The molecular formula is C18H33NO4. The number of aliphatic hydroxyl groups excluding tert-OH is 1. The monoisotopic (exact) mass is 327 g/mol. The topological polar surface area (TPSA) is 59.0 Å². The minimum atomic E-state index is -0.441. The van der Waals surface area contributed by atoms with Crippen molar-refractivity contribution in [3.63, 3.8) is 0 Å². The zero-order chi connectivity index (χ0) is 17.0. The van der Waals surface area contributed by atoms with Gasteiger partial charge >= 0.3 is 6.09 Å². The quantitative estimate of drug-likeness (QED) is 0.806. The molecule has 1 amide bonds. The molecule has 2 aliphatic heterocycles. The van der Waals surface area contributed by atoms with Crippen LogP contribution in [0.2, 0.25) is 0 Å². The predicted molar refractivity (Wildman–Crippen MR) is 89.2 cm³/mol. The van der Waals surface area contributed by atoms with Crippen LogP contribution in [0.1, 0.15) is 53.4 Å². The van der Waals surface area contributed by atoms with Gasteiger partial charge in [0.1, 0.15) is 5.60 Å². The summed E-state index contributed by atoms with van der Waals surface area (Å²) >= 11 is 0. The molecule has 134 valence electrons. The summed E-state index contributed by atoms with van der Waals surface area (Å²) in [6.45, 7) is 10.6. The van der Waals surface area contributed by atoms with Crippen molar-refractivity contribution in [1.29, 1.82) is 0 Å². The van der Waals surface area contributed by atoms with Gasteiger partial charge in [0.25, 0.3) is 0 Å². The fourth-order valence-corrected chi connectivity index (χ4v) is 3.87. The molecule has 0 spiro atoms. The largest absolute Gasteiger partial charge is 0.444 e. The van der Waals surface area contributed by atoms with Crippen molar-refractivity contribution in [3.8, 4) is 0 Å². The third-order valence-corrected chi connectivity index (χ3v) is 5.12. The number of hydrogen-bond donors (Lipinski definition) is 1. The van der Waals surface area contributed by atoms with E-state index in [1.165, 1.54) is 0 Å². The highest BCUT2D eigenvalue weighted by molar-refractivity contribution is 5.68. The lowest BCUT2D eigenvalue weighted by Crippen LogP contribution is -2.36. The highest BCUT2D eigenvalue weighted by Crippen LogP contribution is 2.38. The van der Waals surface area contributed by atoms with Gasteiger partial charge in [-0.15, -0.1) is 0 Å². The SMILES string of the molecule is CC1C(CCCCO)OCCC2CN(C(=O)OC(C)(C)C)CC21. The molecule has 4 unspecified atom stereocenters. The summed E-state index contributed by atoms with van der Waals surface area (Å²) in [5, 5.41) is 8.96. The molecule has 2 fully saturated rings. The van der Waals surface area contributed by atoms with Gasteiger partial charge in [-0.1, -0.05) is 6.92 Å². The van der Waals surface area contributed by atoms with Gasteiger partial charge in [0.15, 0.2) is 0 Å². The maximum Gasteiger partial charge on any atom is 0.410 e. The summed E-state index contributed by atoms with van der Waals surface area (Å²) in [7, 11) is 0. The average molecular weight is 327 g/mol. The lowest BCUT2D eigenvalue weighted by molar-refractivity contribution is 0.00568. The van der Waals surface area contributed by atoms with Crippen molar-refractivity contribution in [3.05, 3.63) is 0 Å². The maximum atomic E-state index is 12.3. The van der Waals surface area contributed by atoms with Crippen LogP contribution in [0, 0.1) is 17.8 Å². The Morgan fingerprint density at radius 2 is 2.04 bits per heavy atom. The van der Waals surface area contributed by atoms with Gasteiger partial charge in [-0.25, -0.2) is 4.79 Å². The predicted octanol–water partition coefficient (Wildman–Crippen LogP) is 3.06. The number of unbranched alkanes of at least 4 members (excludes halogenated alkanes) is 1. The van der Waals surface area contributed by atoms with Crippen LogP contribution in [-0.2, 0) is 9.47 Å². The van der Waals surface area contributed by atoms with Crippen molar-refractivity contribution in [2.45, 2.75) is 65.1 Å². The van der Waals surface area contributed by atoms with Crippen LogP contribution in [0.4, 0.5) is 4.79 Å². The van der Waals surface area contributed by atoms with Crippen molar-refractivity contribution < 1.29 is 19.4 Å². The van der Waals surface area contributed by atoms with Crippen molar-refractivity contribution in [2.24, 2.45) is 17.8 Å². The highest BCUT2D eigenvalue weighted by atomic mass is 16.6. The Kier molecular flexibility index (Phi) is 6.32. The second-order valence-electron chi connectivity index (χ2n) is 8.09. The van der Waals surface area contributed by atoms with E-state index in [4.69, 9.17) is 14.6 Å². The lowest BCUT2D eigenvalue weighted by atomic mass is 9.80. The molecule has 23 heavy (non-hydrogen) atoms. The number of fused-ring (bicyclic) bond motifs is 1. The van der Waals surface area contributed by atoms with Crippen molar-refractivity contribution >= 4 is 6.09 Å². The Balaban J connectivity index is 1.94. The van der Waals surface area contributed by atoms with Crippen LogP contribution in [0.15, 0.2) is 0 Å². The van der Waals surface area contributed by atoms with Gasteiger partial charge in [0, 0.05) is 26.3 Å². The van der Waals surface area contributed by atoms with Gasteiger partial charge < -0.3 is 19.5 Å². The fourth-order valence-electron chi connectivity index (χ4n) is 3.87. The number of rotatable bonds is 4. The van der Waals surface area contributed by atoms with Crippen LogP contribution in [0.25, 0.3) is 0 Å². The van der Waals surface area contributed by atoms with Gasteiger partial charge in [0.2, 0.25) is 0 Å². The van der Waals surface area contributed by atoms with E-state index in [0.717, 1.165) is 45.4 Å². The third-order valence-electron chi connectivity index (χ3n) is 5.12. The smallest absolute Gasteiger partial charge is 0.410 e. The highest BCUT2D eigenvalue weighted by Gasteiger charge is 2.43. The molecule has 4 atom stereocenters. The van der Waals surface area contributed by atoms with Crippen molar-refractivity contribution in [1.82, 2.24) is 4.90 Å². The Morgan fingerprint density at radius 1 is 1.30 bits per heavy atom. The van der Waals surface area contributed by atoms with E-state index in [1.807, 2.05) is 25.7 Å². The molecule has 0 aliphatic carbocycles. The first kappa shape index (κ1) is 18.5. The van der Waals surface area contributed by atoms with Crippen LogP contribution in [0.3, 0.4) is 0 Å². The van der Waals surface area contributed by atoms with Gasteiger partial charge in [-0.3, -0.25) is 0 Å². The van der Waals surface area contributed by atoms with Crippen LogP contribution < -0.4 is 0 Å². The summed E-state index contributed by atoms with van der Waals surface area (Å²) < 4.78 is 11.6. The number of carbonyl (C=O) groups excluding carboxylic acids is 1. The molecule has 2 saturated heterocycles. The van der Waals surface area contributed by atoms with Gasteiger partial charge in [-0.2, -0.15) is 0 Å². The Labute approximate surface area is 140 Å². The summed E-state index contributed by atoms with van der Waals surface area (Å²) in [4.78, 5) is 14.2. The molecule has 0 saturated carbocycles. The molecule has 1 N–H and O–H groups in total. The van der Waals surface area contributed by atoms with Crippen LogP contribution in [-0.4, -0.2) is 54.1 Å². The lowest BCUT2D eigenvalue weighted by Gasteiger charge is -2.28. The Morgan fingerprint density at radius 3 is 2.70 bits per heavy atom. The van der Waals surface area contributed by atoms with E-state index in [1.54, 1.807) is 0 Å². The minimum absolute atomic E-state index is 0.185. The molecule has 2 heterocycles. The second kappa shape index (κ2) is 7.84. The molecule has 0 aromatic rings.